The minimum atomic E-state index is -0.810. The maximum atomic E-state index is 10.3. The molecule has 3 atom stereocenters. The van der Waals surface area contributed by atoms with E-state index in [1.54, 1.807) is 4.57 Å². The number of nitrogens with zero attached hydrogens (tertiary/aromatic N) is 4. The fraction of sp³-hybridized carbons (Fsp3) is 0.179. The largest absolute Gasteiger partial charge is 0.394 e. The Balaban J connectivity index is 1.42. The van der Waals surface area contributed by atoms with E-state index in [0.29, 0.717) is 17.0 Å². The molecule has 0 radical (unpaired) electrons. The number of aromatic nitrogens is 4. The van der Waals surface area contributed by atoms with Gasteiger partial charge in [0.1, 0.15) is 18.7 Å². The van der Waals surface area contributed by atoms with Crippen LogP contribution in [0.15, 0.2) is 60.9 Å². The highest BCUT2D eigenvalue weighted by atomic mass is 16.5. The van der Waals surface area contributed by atoms with E-state index in [2.05, 4.69) is 75.3 Å². The summed E-state index contributed by atoms with van der Waals surface area (Å²) < 4.78 is 7.64. The van der Waals surface area contributed by atoms with Crippen LogP contribution in [0.25, 0.3) is 43.5 Å². The second kappa shape index (κ2) is 7.86. The lowest BCUT2D eigenvalue weighted by Gasteiger charge is -2.15. The highest BCUT2D eigenvalue weighted by Gasteiger charge is 2.36. The Morgan fingerprint density at radius 2 is 1.72 bits per heavy atom. The van der Waals surface area contributed by atoms with Gasteiger partial charge in [0.2, 0.25) is 0 Å². The molecule has 0 aliphatic carbocycles. The van der Waals surface area contributed by atoms with Crippen molar-refractivity contribution in [2.45, 2.75) is 24.9 Å². The molecule has 6 aromatic rings. The van der Waals surface area contributed by atoms with Gasteiger partial charge in [0.05, 0.1) is 12.7 Å². The summed E-state index contributed by atoms with van der Waals surface area (Å²) >= 11 is 0. The zero-order valence-corrected chi connectivity index (χ0v) is 19.1. The van der Waals surface area contributed by atoms with Gasteiger partial charge in [-0.3, -0.25) is 4.57 Å². The van der Waals surface area contributed by atoms with E-state index < -0.39 is 18.4 Å². The Kier molecular flexibility index (Phi) is 4.59. The predicted molar refractivity (Wildman–Crippen MR) is 137 cm³/mol. The topological polar surface area (TPSA) is 119 Å². The SMILES string of the molecule is Nc1ncnc2c1nc(C#Cc1ccc3ccc4cccc5ccc1c3c45)n2[C@H]1C[C@H](O)[C@@H](CO)O1. The molecule has 4 aromatic carbocycles. The van der Waals surface area contributed by atoms with Crippen molar-refractivity contribution in [3.05, 3.63) is 72.3 Å². The number of hydrogen-bond donors (Lipinski definition) is 3. The smallest absolute Gasteiger partial charge is 0.190 e. The van der Waals surface area contributed by atoms with E-state index >= 15 is 0 Å². The van der Waals surface area contributed by atoms with Crippen LogP contribution in [0.2, 0.25) is 0 Å². The van der Waals surface area contributed by atoms with Gasteiger partial charge in [-0.25, -0.2) is 15.0 Å². The Hall–Kier alpha value is -4.29. The van der Waals surface area contributed by atoms with Crippen LogP contribution in [-0.4, -0.2) is 48.5 Å². The van der Waals surface area contributed by atoms with Crippen molar-refractivity contribution >= 4 is 49.3 Å². The third kappa shape index (κ3) is 3.04. The minimum absolute atomic E-state index is 0.238. The predicted octanol–water partition coefficient (Wildman–Crippen LogP) is 3.35. The molecule has 7 rings (SSSR count). The van der Waals surface area contributed by atoms with Crippen molar-refractivity contribution in [3.8, 4) is 11.8 Å². The lowest BCUT2D eigenvalue weighted by atomic mass is 9.92. The third-order valence-electron chi connectivity index (χ3n) is 7.02. The monoisotopic (exact) mass is 475 g/mol. The van der Waals surface area contributed by atoms with Gasteiger partial charge in [-0.05, 0) is 44.3 Å². The molecule has 4 N–H and O–H groups in total. The molecule has 0 unspecified atom stereocenters. The summed E-state index contributed by atoms with van der Waals surface area (Å²) in [6.45, 7) is -0.287. The van der Waals surface area contributed by atoms with Gasteiger partial charge < -0.3 is 20.7 Å². The van der Waals surface area contributed by atoms with E-state index in [1.165, 1.54) is 33.3 Å². The highest BCUT2D eigenvalue weighted by molar-refractivity contribution is 6.23. The number of benzene rings is 4. The van der Waals surface area contributed by atoms with E-state index in [4.69, 9.17) is 10.5 Å². The molecule has 2 aromatic heterocycles. The molecule has 176 valence electrons. The first-order valence-electron chi connectivity index (χ1n) is 11.7. The number of anilines is 1. The van der Waals surface area contributed by atoms with Crippen molar-refractivity contribution in [1.82, 2.24) is 19.5 Å². The normalized spacial score (nSPS) is 20.0. The average Bonchev–Trinajstić information content (AvgIpc) is 3.46. The zero-order chi connectivity index (χ0) is 24.4. The molecule has 1 aliphatic heterocycles. The number of aliphatic hydroxyl groups is 2. The van der Waals surface area contributed by atoms with Crippen molar-refractivity contribution in [2.75, 3.05) is 12.3 Å². The molecular formula is C28H21N5O3. The number of nitrogens with two attached hydrogens (primary N) is 1. The minimum Gasteiger partial charge on any atom is -0.394 e. The van der Waals surface area contributed by atoms with Crippen LogP contribution < -0.4 is 5.73 Å². The summed E-state index contributed by atoms with van der Waals surface area (Å²) in [5, 5.41) is 26.9. The molecule has 0 amide bonds. The summed E-state index contributed by atoms with van der Waals surface area (Å²) in [4.78, 5) is 13.0. The molecular weight excluding hydrogens is 454 g/mol. The molecule has 36 heavy (non-hydrogen) atoms. The van der Waals surface area contributed by atoms with E-state index in [9.17, 15) is 10.2 Å². The van der Waals surface area contributed by atoms with Crippen molar-refractivity contribution in [2.24, 2.45) is 0 Å². The molecule has 1 saturated heterocycles. The van der Waals surface area contributed by atoms with Gasteiger partial charge in [-0.15, -0.1) is 0 Å². The lowest BCUT2D eigenvalue weighted by Crippen LogP contribution is -2.24. The second-order valence-electron chi connectivity index (χ2n) is 9.07. The number of ether oxygens (including phenoxy) is 1. The Bertz CT molecular complexity index is 1840. The van der Waals surface area contributed by atoms with Gasteiger partial charge in [-0.2, -0.15) is 0 Å². The summed E-state index contributed by atoms with van der Waals surface area (Å²) in [5.74, 6) is 7.15. The molecule has 8 nitrogen and oxygen atoms in total. The van der Waals surface area contributed by atoms with Crippen LogP contribution in [0.1, 0.15) is 24.0 Å². The van der Waals surface area contributed by atoms with Crippen LogP contribution in [0.3, 0.4) is 0 Å². The maximum absolute atomic E-state index is 10.3. The fourth-order valence-electron chi connectivity index (χ4n) is 5.29. The summed E-state index contributed by atoms with van der Waals surface area (Å²) in [5.41, 5.74) is 7.84. The average molecular weight is 476 g/mol. The quantitative estimate of drug-likeness (QED) is 0.260. The first-order valence-corrected chi connectivity index (χ1v) is 11.7. The van der Waals surface area contributed by atoms with Crippen LogP contribution in [-0.2, 0) is 4.74 Å². The van der Waals surface area contributed by atoms with Crippen LogP contribution in [0, 0.1) is 11.8 Å². The summed E-state index contributed by atoms with van der Waals surface area (Å²) in [6, 6.07) is 19.0. The van der Waals surface area contributed by atoms with Crippen LogP contribution >= 0.6 is 0 Å². The zero-order valence-electron chi connectivity index (χ0n) is 19.1. The van der Waals surface area contributed by atoms with E-state index in [-0.39, 0.29) is 18.8 Å². The number of nitrogen functional groups attached to an aromatic ring is 1. The summed E-state index contributed by atoms with van der Waals surface area (Å²) in [7, 11) is 0. The molecule has 0 spiro atoms. The maximum Gasteiger partial charge on any atom is 0.190 e. The molecule has 0 saturated carbocycles. The van der Waals surface area contributed by atoms with Gasteiger partial charge in [0.15, 0.2) is 22.8 Å². The van der Waals surface area contributed by atoms with Gasteiger partial charge in [0.25, 0.3) is 0 Å². The van der Waals surface area contributed by atoms with Gasteiger partial charge >= 0.3 is 0 Å². The molecule has 1 fully saturated rings. The number of imidazole rings is 1. The number of fused-ring (bicyclic) bond motifs is 1. The van der Waals surface area contributed by atoms with Crippen molar-refractivity contribution < 1.29 is 14.9 Å². The lowest BCUT2D eigenvalue weighted by molar-refractivity contribution is -0.0434. The third-order valence-corrected chi connectivity index (χ3v) is 7.02. The van der Waals surface area contributed by atoms with E-state index in [1.807, 2.05) is 6.07 Å². The first kappa shape index (κ1) is 21.0. The second-order valence-corrected chi connectivity index (χ2v) is 9.07. The van der Waals surface area contributed by atoms with Gasteiger partial charge in [-0.1, -0.05) is 54.5 Å². The highest BCUT2D eigenvalue weighted by Crippen LogP contribution is 2.36. The molecule has 3 heterocycles. The number of aliphatic hydroxyl groups excluding tert-OH is 2. The van der Waals surface area contributed by atoms with Crippen LogP contribution in [0.5, 0.6) is 0 Å². The van der Waals surface area contributed by atoms with Crippen molar-refractivity contribution in [3.63, 3.8) is 0 Å². The fourth-order valence-corrected chi connectivity index (χ4v) is 5.29. The first-order chi connectivity index (χ1) is 17.6. The molecule has 0 bridgehead atoms. The number of hydrogen-bond acceptors (Lipinski definition) is 7. The molecule has 8 heteroatoms. The Morgan fingerprint density at radius 1 is 0.972 bits per heavy atom. The van der Waals surface area contributed by atoms with Crippen LogP contribution in [0.4, 0.5) is 5.82 Å². The van der Waals surface area contributed by atoms with Crippen molar-refractivity contribution in [1.29, 1.82) is 0 Å². The van der Waals surface area contributed by atoms with E-state index in [0.717, 1.165) is 10.9 Å². The Labute approximate surface area is 205 Å². The summed E-state index contributed by atoms with van der Waals surface area (Å²) in [6.07, 6.45) is -0.459. The molecule has 1 aliphatic rings. The standard InChI is InChI=1S/C28H21N5O3/c29-27-26-28(31-14-30-27)33(23-12-20(35)21(13-34)36-23)22(32-26)11-9-15-4-5-18-7-6-16-2-1-3-17-8-10-19(15)25(18)24(16)17/h1-8,10,14,20-21,23,34-35H,12-13H2,(H2,29,30,31)/t20-,21+,23+/m0/s1. The number of rotatable bonds is 2. The Morgan fingerprint density at radius 3 is 2.50 bits per heavy atom. The van der Waals surface area contributed by atoms with Gasteiger partial charge in [0, 0.05) is 12.0 Å².